The Bertz CT molecular complexity index is 1170. The van der Waals surface area contributed by atoms with Crippen LogP contribution in [0.25, 0.3) is 0 Å². The SMILES string of the molecule is NC(=O)c1ccc[n+]([C@@H]2O[C@H](COC(=O)c3ccccc3)[C@@H](OC(=O)c3ccccc3)[C@H]2O)c1. The van der Waals surface area contributed by atoms with Gasteiger partial charge in [-0.15, -0.1) is 0 Å². The highest BCUT2D eigenvalue weighted by molar-refractivity contribution is 5.92. The minimum Gasteiger partial charge on any atom is -0.459 e. The molecule has 0 unspecified atom stereocenters. The average Bonchev–Trinajstić information content (AvgIpc) is 3.18. The van der Waals surface area contributed by atoms with Gasteiger partial charge in [0.05, 0.1) is 11.1 Å². The van der Waals surface area contributed by atoms with E-state index >= 15 is 0 Å². The fourth-order valence-corrected chi connectivity index (χ4v) is 3.62. The Labute approximate surface area is 195 Å². The number of nitrogens with zero attached hydrogens (tertiary/aromatic N) is 1. The lowest BCUT2D eigenvalue weighted by Crippen LogP contribution is -2.47. The zero-order valence-electron chi connectivity index (χ0n) is 18.0. The first kappa shape index (κ1) is 23.1. The number of aliphatic hydroxyl groups excluding tert-OH is 1. The van der Waals surface area contributed by atoms with Gasteiger partial charge in [-0.1, -0.05) is 36.4 Å². The predicted octanol–water partition coefficient (Wildman–Crippen LogP) is 1.41. The van der Waals surface area contributed by atoms with Crippen LogP contribution in [0.2, 0.25) is 0 Å². The Balaban J connectivity index is 1.55. The molecule has 0 radical (unpaired) electrons. The standard InChI is InChI=1S/C25H22N2O7/c26-22(29)18-12-7-13-27(14-18)23-20(28)21(34-25(31)17-10-5-2-6-11-17)19(33-23)15-32-24(30)16-8-3-1-4-9-16/h1-14,19-21,23,28H,15H2,(H-,26,29)/p+1/t19-,20-,21-,23-/m1/s1. The summed E-state index contributed by atoms with van der Waals surface area (Å²) >= 11 is 0. The minimum absolute atomic E-state index is 0.204. The van der Waals surface area contributed by atoms with E-state index in [0.29, 0.717) is 11.1 Å². The van der Waals surface area contributed by atoms with Gasteiger partial charge in [0.2, 0.25) is 0 Å². The maximum Gasteiger partial charge on any atom is 0.338 e. The summed E-state index contributed by atoms with van der Waals surface area (Å²) in [6.07, 6.45) is -1.45. The highest BCUT2D eigenvalue weighted by atomic mass is 16.6. The molecule has 1 aliphatic rings. The number of carbonyl (C=O) groups excluding carboxylic acids is 3. The van der Waals surface area contributed by atoms with Gasteiger partial charge in [-0.05, 0) is 30.3 Å². The van der Waals surface area contributed by atoms with Crippen molar-refractivity contribution in [1.82, 2.24) is 0 Å². The Morgan fingerprint density at radius 2 is 1.47 bits per heavy atom. The van der Waals surface area contributed by atoms with Gasteiger partial charge < -0.3 is 25.1 Å². The summed E-state index contributed by atoms with van der Waals surface area (Å²) < 4.78 is 18.3. The number of aliphatic hydroxyl groups is 1. The number of carbonyl (C=O) groups is 3. The smallest absolute Gasteiger partial charge is 0.338 e. The fraction of sp³-hybridized carbons (Fsp3) is 0.200. The zero-order chi connectivity index (χ0) is 24.1. The molecule has 0 saturated carbocycles. The number of primary amides is 1. The molecule has 2 heterocycles. The summed E-state index contributed by atoms with van der Waals surface area (Å²) in [5.41, 5.74) is 6.20. The van der Waals surface area contributed by atoms with Crippen molar-refractivity contribution in [2.24, 2.45) is 5.73 Å². The molecule has 3 aromatic rings. The van der Waals surface area contributed by atoms with Crippen LogP contribution in [0.15, 0.2) is 85.2 Å². The summed E-state index contributed by atoms with van der Waals surface area (Å²) in [6, 6.07) is 19.8. The maximum absolute atomic E-state index is 12.7. The summed E-state index contributed by atoms with van der Waals surface area (Å²) in [5, 5.41) is 11.0. The highest BCUT2D eigenvalue weighted by Crippen LogP contribution is 2.29. The number of hydrogen-bond donors (Lipinski definition) is 2. The van der Waals surface area contributed by atoms with Gasteiger partial charge in [0.25, 0.3) is 12.1 Å². The molecule has 2 aromatic carbocycles. The number of nitrogens with two attached hydrogens (primary N) is 1. The Morgan fingerprint density at radius 1 is 0.882 bits per heavy atom. The number of aromatic nitrogens is 1. The molecule has 1 aromatic heterocycles. The lowest BCUT2D eigenvalue weighted by Gasteiger charge is -2.19. The molecule has 9 heteroatoms. The predicted molar refractivity (Wildman–Crippen MR) is 117 cm³/mol. The first-order valence-electron chi connectivity index (χ1n) is 10.6. The summed E-state index contributed by atoms with van der Waals surface area (Å²) in [6.45, 7) is -0.274. The normalized spacial score (nSPS) is 21.6. The molecule has 1 saturated heterocycles. The molecular formula is C25H23N2O7+. The van der Waals surface area contributed by atoms with Gasteiger partial charge in [-0.3, -0.25) is 4.79 Å². The molecule has 4 atom stereocenters. The van der Waals surface area contributed by atoms with E-state index in [4.69, 9.17) is 19.9 Å². The van der Waals surface area contributed by atoms with Crippen LogP contribution in [-0.4, -0.2) is 47.9 Å². The number of benzene rings is 2. The van der Waals surface area contributed by atoms with E-state index < -0.39 is 42.4 Å². The molecule has 0 spiro atoms. The van der Waals surface area contributed by atoms with Crippen LogP contribution in [0.3, 0.4) is 0 Å². The third kappa shape index (κ3) is 5.11. The second-order valence-electron chi connectivity index (χ2n) is 7.66. The molecule has 4 rings (SSSR count). The lowest BCUT2D eigenvalue weighted by molar-refractivity contribution is -0.765. The fourth-order valence-electron chi connectivity index (χ4n) is 3.62. The van der Waals surface area contributed by atoms with Gasteiger partial charge in [-0.2, -0.15) is 4.57 Å². The average molecular weight is 463 g/mol. The Hall–Kier alpha value is -4.08. The number of amides is 1. The van der Waals surface area contributed by atoms with Crippen LogP contribution < -0.4 is 10.3 Å². The van der Waals surface area contributed by atoms with Crippen molar-refractivity contribution in [3.05, 3.63) is 102 Å². The molecule has 3 N–H and O–H groups in total. The highest BCUT2D eigenvalue weighted by Gasteiger charge is 2.52. The van der Waals surface area contributed by atoms with Crippen molar-refractivity contribution < 1.29 is 38.3 Å². The molecule has 174 valence electrons. The van der Waals surface area contributed by atoms with Crippen LogP contribution in [0.4, 0.5) is 0 Å². The Morgan fingerprint density at radius 3 is 2.09 bits per heavy atom. The number of hydrogen-bond acceptors (Lipinski definition) is 7. The first-order chi connectivity index (χ1) is 16.4. The number of ether oxygens (including phenoxy) is 3. The van der Waals surface area contributed by atoms with E-state index in [1.54, 1.807) is 72.9 Å². The molecule has 9 nitrogen and oxygen atoms in total. The zero-order valence-corrected chi connectivity index (χ0v) is 18.0. The molecule has 34 heavy (non-hydrogen) atoms. The van der Waals surface area contributed by atoms with Gasteiger partial charge in [0, 0.05) is 6.07 Å². The molecule has 0 bridgehead atoms. The molecule has 1 aliphatic heterocycles. The van der Waals surface area contributed by atoms with E-state index in [0.717, 1.165) is 0 Å². The van der Waals surface area contributed by atoms with Crippen molar-refractivity contribution in [1.29, 1.82) is 0 Å². The van der Waals surface area contributed by atoms with Crippen molar-refractivity contribution >= 4 is 17.8 Å². The van der Waals surface area contributed by atoms with Crippen LogP contribution in [-0.2, 0) is 14.2 Å². The minimum atomic E-state index is -1.32. The number of pyridine rings is 1. The van der Waals surface area contributed by atoms with Crippen LogP contribution in [0, 0.1) is 0 Å². The van der Waals surface area contributed by atoms with Gasteiger partial charge in [0.15, 0.2) is 24.6 Å². The molecular weight excluding hydrogens is 440 g/mol. The van der Waals surface area contributed by atoms with Gasteiger partial charge in [0.1, 0.15) is 18.3 Å². The van der Waals surface area contributed by atoms with Crippen LogP contribution in [0.1, 0.15) is 37.3 Å². The second kappa shape index (κ2) is 10.2. The molecule has 0 aliphatic carbocycles. The van der Waals surface area contributed by atoms with E-state index in [1.165, 1.54) is 16.8 Å². The monoisotopic (exact) mass is 463 g/mol. The quantitative estimate of drug-likeness (QED) is 0.400. The summed E-state index contributed by atoms with van der Waals surface area (Å²) in [4.78, 5) is 36.6. The van der Waals surface area contributed by atoms with E-state index in [1.807, 2.05) is 0 Å². The van der Waals surface area contributed by atoms with Crippen molar-refractivity contribution in [2.75, 3.05) is 6.61 Å². The first-order valence-corrected chi connectivity index (χ1v) is 10.6. The summed E-state index contributed by atoms with van der Waals surface area (Å²) in [7, 11) is 0. The van der Waals surface area contributed by atoms with Crippen LogP contribution >= 0.6 is 0 Å². The second-order valence-corrected chi connectivity index (χ2v) is 7.66. The van der Waals surface area contributed by atoms with Gasteiger partial charge >= 0.3 is 11.9 Å². The third-order valence-corrected chi connectivity index (χ3v) is 5.35. The lowest BCUT2D eigenvalue weighted by atomic mass is 10.1. The van der Waals surface area contributed by atoms with Crippen molar-refractivity contribution in [2.45, 2.75) is 24.5 Å². The van der Waals surface area contributed by atoms with E-state index in [2.05, 4.69) is 0 Å². The van der Waals surface area contributed by atoms with E-state index in [9.17, 15) is 19.5 Å². The molecule has 1 fully saturated rings. The topological polar surface area (TPSA) is 129 Å². The number of esters is 2. The van der Waals surface area contributed by atoms with Crippen molar-refractivity contribution in [3.63, 3.8) is 0 Å². The number of rotatable bonds is 7. The van der Waals surface area contributed by atoms with Crippen molar-refractivity contribution in [3.8, 4) is 0 Å². The van der Waals surface area contributed by atoms with Gasteiger partial charge in [-0.25, -0.2) is 9.59 Å². The maximum atomic E-state index is 12.7. The van der Waals surface area contributed by atoms with Crippen LogP contribution in [0.5, 0.6) is 0 Å². The van der Waals surface area contributed by atoms with E-state index in [-0.39, 0.29) is 12.2 Å². The largest absolute Gasteiger partial charge is 0.459 e. The third-order valence-electron chi connectivity index (χ3n) is 5.35. The summed E-state index contributed by atoms with van der Waals surface area (Å²) in [5.74, 6) is -1.90. The molecule has 1 amide bonds. The Kier molecular flexibility index (Phi) is 6.95.